The Balaban J connectivity index is 1.27. The van der Waals surface area contributed by atoms with Crippen molar-refractivity contribution in [3.8, 4) is 11.4 Å². The molecule has 0 saturated carbocycles. The van der Waals surface area contributed by atoms with Crippen molar-refractivity contribution in [1.82, 2.24) is 19.9 Å². The first-order chi connectivity index (χ1) is 14.5. The molecule has 0 radical (unpaired) electrons. The van der Waals surface area contributed by atoms with Crippen molar-refractivity contribution in [1.29, 1.82) is 0 Å². The molecule has 0 N–H and O–H groups in total. The SMILES string of the molecule is O=C1CC2(CCSC2)C(=O)N1CN1CCCC(c2nc(-c3cccc(F)c3)no2)C1. The molecule has 4 heterocycles. The molecule has 2 aromatic rings. The minimum absolute atomic E-state index is 0.00851. The summed E-state index contributed by atoms with van der Waals surface area (Å²) in [4.78, 5) is 33.5. The lowest BCUT2D eigenvalue weighted by Crippen LogP contribution is -2.46. The van der Waals surface area contributed by atoms with Crippen LogP contribution in [0, 0.1) is 11.2 Å². The van der Waals surface area contributed by atoms with Crippen LogP contribution in [-0.2, 0) is 9.59 Å². The molecule has 0 bridgehead atoms. The summed E-state index contributed by atoms with van der Waals surface area (Å²) in [5.74, 6) is 2.19. The van der Waals surface area contributed by atoms with E-state index in [0.717, 1.165) is 37.3 Å². The third kappa shape index (κ3) is 3.54. The van der Waals surface area contributed by atoms with Crippen LogP contribution in [0.15, 0.2) is 28.8 Å². The maximum Gasteiger partial charge on any atom is 0.237 e. The zero-order chi connectivity index (χ0) is 20.7. The maximum atomic E-state index is 13.5. The number of likely N-dealkylation sites (tertiary alicyclic amines) is 2. The number of hydrogen-bond acceptors (Lipinski definition) is 7. The number of halogens is 1. The molecule has 2 amide bonds. The number of aromatic nitrogens is 2. The highest BCUT2D eigenvalue weighted by Gasteiger charge is 2.53. The van der Waals surface area contributed by atoms with Gasteiger partial charge in [-0.25, -0.2) is 4.39 Å². The van der Waals surface area contributed by atoms with Crippen molar-refractivity contribution >= 4 is 23.6 Å². The maximum absolute atomic E-state index is 13.5. The Morgan fingerprint density at radius 3 is 3.03 bits per heavy atom. The van der Waals surface area contributed by atoms with Crippen molar-refractivity contribution in [3.63, 3.8) is 0 Å². The van der Waals surface area contributed by atoms with Gasteiger partial charge in [-0.2, -0.15) is 16.7 Å². The Morgan fingerprint density at radius 1 is 1.33 bits per heavy atom. The first-order valence-corrected chi connectivity index (χ1v) is 11.4. The summed E-state index contributed by atoms with van der Waals surface area (Å²) in [7, 11) is 0. The fraction of sp³-hybridized carbons (Fsp3) is 0.524. The summed E-state index contributed by atoms with van der Waals surface area (Å²) in [5.41, 5.74) is 0.106. The molecule has 158 valence electrons. The monoisotopic (exact) mass is 430 g/mol. The van der Waals surface area contributed by atoms with E-state index in [0.29, 0.717) is 36.9 Å². The van der Waals surface area contributed by atoms with Crippen LogP contribution in [-0.4, -0.2) is 63.0 Å². The van der Waals surface area contributed by atoms with E-state index < -0.39 is 5.41 Å². The van der Waals surface area contributed by atoms with Crippen molar-refractivity contribution in [2.75, 3.05) is 31.3 Å². The summed E-state index contributed by atoms with van der Waals surface area (Å²) in [6.07, 6.45) is 2.95. The molecule has 2 atom stereocenters. The average molecular weight is 431 g/mol. The Morgan fingerprint density at radius 2 is 2.23 bits per heavy atom. The van der Waals surface area contributed by atoms with Crippen LogP contribution in [0.1, 0.15) is 37.5 Å². The molecule has 0 aliphatic carbocycles. The van der Waals surface area contributed by atoms with Gasteiger partial charge in [0.15, 0.2) is 0 Å². The van der Waals surface area contributed by atoms with Gasteiger partial charge in [-0.05, 0) is 43.7 Å². The molecule has 1 spiro atoms. The summed E-state index contributed by atoms with van der Waals surface area (Å²) >= 11 is 1.76. The average Bonchev–Trinajstić information content (AvgIpc) is 3.46. The smallest absolute Gasteiger partial charge is 0.237 e. The predicted octanol–water partition coefficient (Wildman–Crippen LogP) is 2.89. The molecule has 9 heteroatoms. The number of rotatable bonds is 4. The van der Waals surface area contributed by atoms with E-state index in [2.05, 4.69) is 15.0 Å². The number of nitrogens with zero attached hydrogens (tertiary/aromatic N) is 4. The molecule has 3 aliphatic heterocycles. The van der Waals surface area contributed by atoms with E-state index in [-0.39, 0.29) is 23.5 Å². The molecular weight excluding hydrogens is 407 g/mol. The molecule has 7 nitrogen and oxygen atoms in total. The number of imide groups is 1. The second-order valence-electron chi connectivity index (χ2n) is 8.41. The summed E-state index contributed by atoms with van der Waals surface area (Å²) < 4.78 is 19.0. The fourth-order valence-electron chi connectivity index (χ4n) is 4.65. The van der Waals surface area contributed by atoms with Gasteiger partial charge in [-0.3, -0.25) is 19.4 Å². The summed E-state index contributed by atoms with van der Waals surface area (Å²) in [6.45, 7) is 1.79. The highest BCUT2D eigenvalue weighted by Crippen LogP contribution is 2.45. The Labute approximate surface area is 178 Å². The van der Waals surface area contributed by atoms with E-state index in [4.69, 9.17) is 4.52 Å². The fourth-order valence-corrected chi connectivity index (χ4v) is 6.09. The quantitative estimate of drug-likeness (QED) is 0.690. The van der Waals surface area contributed by atoms with Crippen LogP contribution in [0.3, 0.4) is 0 Å². The van der Waals surface area contributed by atoms with E-state index in [1.54, 1.807) is 23.9 Å². The van der Waals surface area contributed by atoms with E-state index in [1.807, 2.05) is 0 Å². The van der Waals surface area contributed by atoms with Crippen molar-refractivity contribution < 1.29 is 18.5 Å². The summed E-state index contributed by atoms with van der Waals surface area (Å²) in [5, 5.41) is 4.01. The topological polar surface area (TPSA) is 79.5 Å². The van der Waals surface area contributed by atoms with Gasteiger partial charge in [0.1, 0.15) is 5.82 Å². The van der Waals surface area contributed by atoms with Gasteiger partial charge < -0.3 is 4.52 Å². The zero-order valence-corrected chi connectivity index (χ0v) is 17.4. The van der Waals surface area contributed by atoms with Gasteiger partial charge in [0.2, 0.25) is 23.5 Å². The van der Waals surface area contributed by atoms with E-state index in [9.17, 15) is 14.0 Å². The third-order valence-corrected chi connectivity index (χ3v) is 7.56. The number of amides is 2. The normalized spacial score (nSPS) is 27.5. The van der Waals surface area contributed by atoms with Gasteiger partial charge in [-0.15, -0.1) is 0 Å². The van der Waals surface area contributed by atoms with Crippen LogP contribution < -0.4 is 0 Å². The Hall–Kier alpha value is -2.26. The molecule has 3 aliphatic rings. The van der Waals surface area contributed by atoms with Crippen LogP contribution >= 0.6 is 11.8 Å². The number of piperidine rings is 1. The van der Waals surface area contributed by atoms with Gasteiger partial charge in [-0.1, -0.05) is 17.3 Å². The second-order valence-corrected chi connectivity index (χ2v) is 9.52. The molecule has 1 aromatic carbocycles. The van der Waals surface area contributed by atoms with Gasteiger partial charge in [0.25, 0.3) is 0 Å². The number of carbonyl (C=O) groups excluding carboxylic acids is 2. The molecule has 30 heavy (non-hydrogen) atoms. The third-order valence-electron chi connectivity index (χ3n) is 6.31. The first kappa shape index (κ1) is 19.7. The number of thioether (sulfide) groups is 1. The zero-order valence-electron chi connectivity index (χ0n) is 16.6. The Kier molecular flexibility index (Phi) is 5.10. The number of carbonyl (C=O) groups is 2. The largest absolute Gasteiger partial charge is 0.339 e. The second kappa shape index (κ2) is 7.77. The first-order valence-electron chi connectivity index (χ1n) is 10.3. The van der Waals surface area contributed by atoms with Crippen molar-refractivity contribution in [3.05, 3.63) is 36.0 Å². The van der Waals surface area contributed by atoms with Crippen molar-refractivity contribution in [2.45, 2.75) is 31.6 Å². The Bertz CT molecular complexity index is 975. The minimum atomic E-state index is -0.469. The van der Waals surface area contributed by atoms with E-state index in [1.165, 1.54) is 17.0 Å². The van der Waals surface area contributed by atoms with Gasteiger partial charge in [0, 0.05) is 24.3 Å². The van der Waals surface area contributed by atoms with Gasteiger partial charge >= 0.3 is 0 Å². The molecule has 3 saturated heterocycles. The highest BCUT2D eigenvalue weighted by molar-refractivity contribution is 7.99. The standard InChI is InChI=1S/C21H23FN4O3S/c22-16-5-1-3-14(9-16)18-23-19(29-24-18)15-4-2-7-25(11-15)13-26-17(27)10-21(20(26)28)6-8-30-12-21/h1,3,5,9,15H,2,4,6-8,10-13H2. The minimum Gasteiger partial charge on any atom is -0.339 e. The number of benzene rings is 1. The lowest BCUT2D eigenvalue weighted by Gasteiger charge is -2.33. The molecule has 5 rings (SSSR count). The highest BCUT2D eigenvalue weighted by atomic mass is 32.2. The predicted molar refractivity (Wildman–Crippen MR) is 109 cm³/mol. The van der Waals surface area contributed by atoms with E-state index >= 15 is 0 Å². The van der Waals surface area contributed by atoms with Crippen LogP contribution in [0.25, 0.3) is 11.4 Å². The van der Waals surface area contributed by atoms with Crippen LogP contribution in [0.5, 0.6) is 0 Å². The lowest BCUT2D eigenvalue weighted by molar-refractivity contribution is -0.143. The van der Waals surface area contributed by atoms with Crippen LogP contribution in [0.2, 0.25) is 0 Å². The molecule has 2 unspecified atom stereocenters. The van der Waals surface area contributed by atoms with Crippen molar-refractivity contribution in [2.24, 2.45) is 5.41 Å². The molecule has 3 fully saturated rings. The van der Waals surface area contributed by atoms with Crippen LogP contribution in [0.4, 0.5) is 4.39 Å². The van der Waals surface area contributed by atoms with Gasteiger partial charge in [0.05, 0.1) is 18.0 Å². The number of hydrogen-bond donors (Lipinski definition) is 0. The molecular formula is C21H23FN4O3S. The molecule has 1 aromatic heterocycles. The summed E-state index contributed by atoms with van der Waals surface area (Å²) in [6, 6.07) is 6.11. The lowest BCUT2D eigenvalue weighted by atomic mass is 9.86.